The number of aromatic nitrogens is 1. The minimum atomic E-state index is -4.94. The molecular formula is C14H13N3O8S3-2. The highest BCUT2D eigenvalue weighted by Gasteiger charge is 2.12. The Bertz CT molecular complexity index is 1110. The minimum Gasteiger partial charge on any atom is -0.744 e. The molecule has 0 radical (unpaired) electrons. The second kappa shape index (κ2) is 8.74. The molecule has 0 fully saturated rings. The zero-order chi connectivity index (χ0) is 20.9. The van der Waals surface area contributed by atoms with Gasteiger partial charge in [-0.1, -0.05) is 0 Å². The van der Waals surface area contributed by atoms with Gasteiger partial charge < -0.3 is 13.8 Å². The first-order valence-electron chi connectivity index (χ1n) is 7.45. The summed E-state index contributed by atoms with van der Waals surface area (Å²) in [6.07, 6.45) is 0.823. The van der Waals surface area contributed by atoms with E-state index in [1.807, 2.05) is 0 Å². The van der Waals surface area contributed by atoms with Gasteiger partial charge >= 0.3 is 5.97 Å². The van der Waals surface area contributed by atoms with E-state index in [0.717, 1.165) is 35.8 Å². The summed E-state index contributed by atoms with van der Waals surface area (Å²) in [5.41, 5.74) is 2.49. The maximum absolute atomic E-state index is 11.4. The van der Waals surface area contributed by atoms with Crippen LogP contribution in [-0.2, 0) is 36.2 Å². The van der Waals surface area contributed by atoms with Crippen LogP contribution in [0.5, 0.6) is 0 Å². The number of anilines is 1. The molecule has 11 nitrogen and oxygen atoms in total. The number of rotatable bonds is 8. The fourth-order valence-electron chi connectivity index (χ4n) is 1.97. The molecule has 1 aromatic carbocycles. The standard InChI is InChI=1S/C14H15N3O8S3/c1-2-25-13(18)6-10-8-26-14(16-10)17-15-7-9-5-11(27(19,20)21)3-4-12(9)28(22,23)24/h3-5,7-8H,2,6H2,1H3,(H,16,17)(H,19,20,21)(H,22,23,24)/p-2. The van der Waals surface area contributed by atoms with Crippen molar-refractivity contribution >= 4 is 48.9 Å². The van der Waals surface area contributed by atoms with Gasteiger partial charge in [0, 0.05) is 10.9 Å². The number of nitrogens with zero attached hydrogens (tertiary/aromatic N) is 2. The number of hydrogen-bond donors (Lipinski definition) is 1. The minimum absolute atomic E-state index is 0.0439. The highest BCUT2D eigenvalue weighted by atomic mass is 32.2. The quantitative estimate of drug-likeness (QED) is 0.259. The van der Waals surface area contributed by atoms with E-state index in [1.165, 1.54) is 0 Å². The first-order chi connectivity index (χ1) is 13.0. The van der Waals surface area contributed by atoms with Gasteiger partial charge in [-0.2, -0.15) is 5.10 Å². The highest BCUT2D eigenvalue weighted by Crippen LogP contribution is 2.20. The van der Waals surface area contributed by atoms with E-state index >= 15 is 0 Å². The normalized spacial score (nSPS) is 12.2. The SMILES string of the molecule is CCOC(=O)Cc1csc(NN=Cc2cc(S(=O)(=O)[O-])ccc2S(=O)(=O)[O-])n1. The van der Waals surface area contributed by atoms with Crippen LogP contribution in [0, 0.1) is 0 Å². The molecule has 0 amide bonds. The third kappa shape index (κ3) is 6.07. The summed E-state index contributed by atoms with van der Waals surface area (Å²) in [7, 11) is -9.80. The highest BCUT2D eigenvalue weighted by molar-refractivity contribution is 7.86. The van der Waals surface area contributed by atoms with E-state index in [-0.39, 0.29) is 23.7 Å². The molecule has 0 aliphatic rings. The average molecular weight is 447 g/mol. The number of hydrazone groups is 1. The first kappa shape index (κ1) is 21.9. The van der Waals surface area contributed by atoms with Crippen LogP contribution >= 0.6 is 11.3 Å². The lowest BCUT2D eigenvalue weighted by molar-refractivity contribution is -0.142. The molecule has 0 aliphatic heterocycles. The fourth-order valence-corrected chi connectivity index (χ4v) is 3.77. The monoisotopic (exact) mass is 447 g/mol. The smallest absolute Gasteiger partial charge is 0.311 e. The van der Waals surface area contributed by atoms with Crippen molar-refractivity contribution in [1.82, 2.24) is 4.98 Å². The summed E-state index contributed by atoms with van der Waals surface area (Å²) >= 11 is 1.09. The van der Waals surface area contributed by atoms with Crippen molar-refractivity contribution in [1.29, 1.82) is 0 Å². The van der Waals surface area contributed by atoms with Crippen molar-refractivity contribution in [2.75, 3.05) is 12.0 Å². The summed E-state index contributed by atoms with van der Waals surface area (Å²) in [5, 5.41) is 5.52. The van der Waals surface area contributed by atoms with Crippen molar-refractivity contribution < 1.29 is 35.5 Å². The van der Waals surface area contributed by atoms with E-state index in [1.54, 1.807) is 12.3 Å². The zero-order valence-corrected chi connectivity index (χ0v) is 16.6. The fraction of sp³-hybridized carbons (Fsp3) is 0.214. The summed E-state index contributed by atoms with van der Waals surface area (Å²) in [5.74, 6) is -0.455. The molecule has 0 saturated carbocycles. The molecule has 28 heavy (non-hydrogen) atoms. The topological polar surface area (TPSA) is 178 Å². The molecule has 0 spiro atoms. The molecule has 0 unspecified atom stereocenters. The average Bonchev–Trinajstić information content (AvgIpc) is 3.00. The van der Waals surface area contributed by atoms with Crippen molar-refractivity contribution in [2.24, 2.45) is 5.10 Å². The van der Waals surface area contributed by atoms with Crippen LogP contribution in [0.4, 0.5) is 5.13 Å². The van der Waals surface area contributed by atoms with Crippen LogP contribution in [0.25, 0.3) is 0 Å². The van der Waals surface area contributed by atoms with Crippen molar-refractivity contribution in [3.63, 3.8) is 0 Å². The predicted molar refractivity (Wildman–Crippen MR) is 96.0 cm³/mol. The molecule has 0 aliphatic carbocycles. The molecule has 152 valence electrons. The van der Waals surface area contributed by atoms with Crippen LogP contribution in [0.15, 0.2) is 38.5 Å². The van der Waals surface area contributed by atoms with Gasteiger partial charge in [0.05, 0.1) is 34.7 Å². The van der Waals surface area contributed by atoms with Gasteiger partial charge in [-0.05, 0) is 25.1 Å². The Morgan fingerprint density at radius 1 is 1.29 bits per heavy atom. The number of nitrogens with one attached hydrogen (secondary N) is 1. The number of esters is 1. The van der Waals surface area contributed by atoms with Gasteiger partial charge in [-0.25, -0.2) is 21.8 Å². The summed E-state index contributed by atoms with van der Waals surface area (Å²) < 4.78 is 71.9. The van der Waals surface area contributed by atoms with E-state index in [0.29, 0.717) is 5.69 Å². The number of benzene rings is 1. The van der Waals surface area contributed by atoms with Gasteiger partial charge in [-0.3, -0.25) is 10.2 Å². The molecule has 0 atom stereocenters. The summed E-state index contributed by atoms with van der Waals surface area (Å²) in [6.45, 7) is 1.91. The molecule has 1 N–H and O–H groups in total. The van der Waals surface area contributed by atoms with E-state index < -0.39 is 36.0 Å². The molecule has 14 heteroatoms. The van der Waals surface area contributed by atoms with Gasteiger partial charge in [0.15, 0.2) is 0 Å². The van der Waals surface area contributed by atoms with Crippen molar-refractivity contribution in [3.05, 3.63) is 34.8 Å². The maximum atomic E-state index is 11.4. The second-order valence-corrected chi connectivity index (χ2v) is 8.69. The second-order valence-electron chi connectivity index (χ2n) is 5.10. The molecule has 1 aromatic heterocycles. The van der Waals surface area contributed by atoms with Crippen LogP contribution in [0.2, 0.25) is 0 Å². The summed E-state index contributed by atoms with van der Waals surface area (Å²) in [4.78, 5) is 14.0. The maximum Gasteiger partial charge on any atom is 0.311 e. The van der Waals surface area contributed by atoms with Crippen LogP contribution < -0.4 is 5.43 Å². The number of carbonyl (C=O) groups excluding carboxylic acids is 1. The Labute approximate surface area is 164 Å². The summed E-state index contributed by atoms with van der Waals surface area (Å²) in [6, 6.07) is 2.17. The lowest BCUT2D eigenvalue weighted by atomic mass is 10.2. The van der Waals surface area contributed by atoms with Gasteiger partial charge in [-0.15, -0.1) is 11.3 Å². The Morgan fingerprint density at radius 3 is 2.61 bits per heavy atom. The van der Waals surface area contributed by atoms with Crippen molar-refractivity contribution in [2.45, 2.75) is 23.1 Å². The van der Waals surface area contributed by atoms with Crippen LogP contribution in [0.1, 0.15) is 18.2 Å². The number of ether oxygens (including phenoxy) is 1. The van der Waals surface area contributed by atoms with Crippen LogP contribution in [-0.4, -0.2) is 49.7 Å². The molecule has 1 heterocycles. The van der Waals surface area contributed by atoms with Crippen LogP contribution in [0.3, 0.4) is 0 Å². The number of carbonyl (C=O) groups is 1. The largest absolute Gasteiger partial charge is 0.744 e. The predicted octanol–water partition coefficient (Wildman–Crippen LogP) is 0.503. The third-order valence-electron chi connectivity index (χ3n) is 3.09. The molecule has 2 aromatic rings. The number of thiazole rings is 1. The zero-order valence-electron chi connectivity index (χ0n) is 14.2. The third-order valence-corrected chi connectivity index (χ3v) is 5.62. The van der Waals surface area contributed by atoms with Gasteiger partial charge in [0.25, 0.3) is 0 Å². The van der Waals surface area contributed by atoms with Gasteiger partial charge in [0.2, 0.25) is 5.13 Å². The van der Waals surface area contributed by atoms with Gasteiger partial charge in [0.1, 0.15) is 20.2 Å². The Hall–Kier alpha value is -2.39. The van der Waals surface area contributed by atoms with E-state index in [2.05, 4.69) is 15.5 Å². The van der Waals surface area contributed by atoms with Crippen molar-refractivity contribution in [3.8, 4) is 0 Å². The molecule has 2 rings (SSSR count). The Balaban J connectivity index is 2.22. The van der Waals surface area contributed by atoms with E-state index in [4.69, 9.17) is 4.74 Å². The molecule has 0 saturated heterocycles. The molecule has 0 bridgehead atoms. The lowest BCUT2D eigenvalue weighted by Crippen LogP contribution is -2.08. The lowest BCUT2D eigenvalue weighted by Gasteiger charge is -2.13. The molecular weight excluding hydrogens is 434 g/mol. The first-order valence-corrected chi connectivity index (χ1v) is 11.1. The Kier molecular flexibility index (Phi) is 6.84. The Morgan fingerprint density at radius 2 is 2.00 bits per heavy atom. The van der Waals surface area contributed by atoms with E-state index in [9.17, 15) is 30.7 Å². The number of hydrogen-bond acceptors (Lipinski definition) is 12.